The molecule has 2 aliphatic heterocycles. The lowest BCUT2D eigenvalue weighted by Gasteiger charge is -2.28. The molecule has 2 atom stereocenters. The van der Waals surface area contributed by atoms with E-state index in [9.17, 15) is 14.7 Å². The first kappa shape index (κ1) is 23.8. The molecule has 2 aromatic carbocycles. The Bertz CT molecular complexity index is 1060. The van der Waals surface area contributed by atoms with Crippen molar-refractivity contribution >= 4 is 17.4 Å². The number of carbonyl (C=O) groups excluding carboxylic acids is 2. The normalized spacial score (nSPS) is 21.8. The molecule has 2 saturated heterocycles. The van der Waals surface area contributed by atoms with Crippen LogP contribution >= 0.6 is 0 Å². The molecule has 0 bridgehead atoms. The van der Waals surface area contributed by atoms with Crippen LogP contribution in [0, 0.1) is 0 Å². The molecular formula is C27H31NO6. The van der Waals surface area contributed by atoms with Crippen LogP contribution < -0.4 is 9.47 Å². The number of hydrogen-bond donors (Lipinski definition) is 1. The Morgan fingerprint density at radius 3 is 2.62 bits per heavy atom. The summed E-state index contributed by atoms with van der Waals surface area (Å²) in [5, 5.41) is 11.1. The molecule has 1 amide bonds. The summed E-state index contributed by atoms with van der Waals surface area (Å²) in [6.07, 6.45) is 3.53. The zero-order chi connectivity index (χ0) is 24.1. The Hall–Kier alpha value is -3.32. The molecule has 0 spiro atoms. The van der Waals surface area contributed by atoms with Gasteiger partial charge in [-0.15, -0.1) is 0 Å². The molecule has 2 aromatic rings. The first-order valence-electron chi connectivity index (χ1n) is 11.8. The van der Waals surface area contributed by atoms with Gasteiger partial charge in [-0.3, -0.25) is 9.59 Å². The van der Waals surface area contributed by atoms with Crippen molar-refractivity contribution in [3.05, 3.63) is 65.2 Å². The lowest BCUT2D eigenvalue weighted by Crippen LogP contribution is -2.36. The number of rotatable bonds is 9. The fourth-order valence-corrected chi connectivity index (χ4v) is 4.47. The lowest BCUT2D eigenvalue weighted by atomic mass is 9.95. The number of aliphatic hydroxyl groups is 1. The molecule has 0 aliphatic carbocycles. The zero-order valence-electron chi connectivity index (χ0n) is 19.7. The van der Waals surface area contributed by atoms with Crippen molar-refractivity contribution in [1.29, 1.82) is 0 Å². The van der Waals surface area contributed by atoms with E-state index in [0.29, 0.717) is 35.8 Å². The number of likely N-dealkylation sites (tertiary alicyclic amines) is 1. The molecule has 7 nitrogen and oxygen atoms in total. The SMILES string of the molecule is CCCCOc1ccc(C2C(=C(O)c3ccccc3)C(=O)C(=O)N2CC2CCCO2)cc1OC. The van der Waals surface area contributed by atoms with Crippen LogP contribution in [-0.4, -0.2) is 54.7 Å². The molecule has 2 aliphatic rings. The number of hydrogen-bond acceptors (Lipinski definition) is 6. The minimum Gasteiger partial charge on any atom is -0.507 e. The van der Waals surface area contributed by atoms with Crippen molar-refractivity contribution < 1.29 is 28.9 Å². The number of nitrogens with zero attached hydrogens (tertiary/aromatic N) is 1. The van der Waals surface area contributed by atoms with Gasteiger partial charge in [0.2, 0.25) is 0 Å². The van der Waals surface area contributed by atoms with Crippen LogP contribution in [0.4, 0.5) is 0 Å². The molecule has 1 N–H and O–H groups in total. The van der Waals surface area contributed by atoms with E-state index in [1.807, 2.05) is 12.1 Å². The molecule has 2 unspecified atom stereocenters. The van der Waals surface area contributed by atoms with E-state index in [2.05, 4.69) is 6.92 Å². The summed E-state index contributed by atoms with van der Waals surface area (Å²) in [5.74, 6) is -0.428. The summed E-state index contributed by atoms with van der Waals surface area (Å²) in [6, 6.07) is 13.4. The van der Waals surface area contributed by atoms with Crippen molar-refractivity contribution in [1.82, 2.24) is 4.90 Å². The van der Waals surface area contributed by atoms with E-state index < -0.39 is 17.7 Å². The molecule has 7 heteroatoms. The van der Waals surface area contributed by atoms with Gasteiger partial charge in [0.05, 0.1) is 31.4 Å². The maximum atomic E-state index is 13.2. The molecule has 2 heterocycles. The van der Waals surface area contributed by atoms with Crippen LogP contribution in [-0.2, 0) is 14.3 Å². The van der Waals surface area contributed by atoms with E-state index >= 15 is 0 Å². The number of carbonyl (C=O) groups is 2. The van der Waals surface area contributed by atoms with E-state index in [-0.39, 0.29) is 24.0 Å². The number of ketones is 1. The molecule has 0 radical (unpaired) electrons. The Morgan fingerprint density at radius 2 is 1.94 bits per heavy atom. The molecule has 34 heavy (non-hydrogen) atoms. The van der Waals surface area contributed by atoms with Gasteiger partial charge >= 0.3 is 0 Å². The molecule has 180 valence electrons. The average molecular weight is 466 g/mol. The average Bonchev–Trinajstić information content (AvgIpc) is 3.47. The van der Waals surface area contributed by atoms with E-state index in [4.69, 9.17) is 14.2 Å². The molecule has 2 fully saturated rings. The van der Waals surface area contributed by atoms with Gasteiger partial charge in [0.15, 0.2) is 11.5 Å². The first-order valence-corrected chi connectivity index (χ1v) is 11.8. The van der Waals surface area contributed by atoms with Crippen LogP contribution in [0.5, 0.6) is 11.5 Å². The monoisotopic (exact) mass is 465 g/mol. The lowest BCUT2D eigenvalue weighted by molar-refractivity contribution is -0.140. The zero-order valence-corrected chi connectivity index (χ0v) is 19.7. The Kier molecular flexibility index (Phi) is 7.53. The molecular weight excluding hydrogens is 434 g/mol. The van der Waals surface area contributed by atoms with Crippen LogP contribution in [0.3, 0.4) is 0 Å². The molecule has 0 aromatic heterocycles. The minimum absolute atomic E-state index is 0.0656. The van der Waals surface area contributed by atoms with Crippen molar-refractivity contribution in [2.75, 3.05) is 26.9 Å². The molecule has 0 saturated carbocycles. The van der Waals surface area contributed by atoms with E-state index in [1.54, 1.807) is 43.5 Å². The number of Topliss-reactive ketones (excluding diaryl/α,β-unsaturated/α-hetero) is 1. The van der Waals surface area contributed by atoms with Gasteiger partial charge in [-0.05, 0) is 37.0 Å². The van der Waals surface area contributed by atoms with E-state index in [1.165, 1.54) is 4.90 Å². The van der Waals surface area contributed by atoms with Gasteiger partial charge in [0, 0.05) is 18.7 Å². The number of aliphatic hydroxyl groups excluding tert-OH is 1. The second-order valence-electron chi connectivity index (χ2n) is 8.56. The number of unbranched alkanes of at least 4 members (excludes halogenated alkanes) is 1. The van der Waals surface area contributed by atoms with Crippen molar-refractivity contribution in [2.45, 2.75) is 44.8 Å². The number of ether oxygens (including phenoxy) is 3. The van der Waals surface area contributed by atoms with Gasteiger partial charge < -0.3 is 24.2 Å². The number of amides is 1. The maximum Gasteiger partial charge on any atom is 0.295 e. The summed E-state index contributed by atoms with van der Waals surface area (Å²) in [7, 11) is 1.55. The Balaban J connectivity index is 1.78. The topological polar surface area (TPSA) is 85.3 Å². The predicted molar refractivity (Wildman–Crippen MR) is 128 cm³/mol. The predicted octanol–water partition coefficient (Wildman–Crippen LogP) is 4.47. The smallest absolute Gasteiger partial charge is 0.295 e. The number of methoxy groups -OCH3 is 1. The second-order valence-corrected chi connectivity index (χ2v) is 8.56. The van der Waals surface area contributed by atoms with Crippen LogP contribution in [0.15, 0.2) is 54.1 Å². The quantitative estimate of drug-likeness (QED) is 0.254. The Labute approximate surface area is 199 Å². The van der Waals surface area contributed by atoms with Gasteiger partial charge in [-0.1, -0.05) is 49.7 Å². The molecule has 4 rings (SSSR count). The van der Waals surface area contributed by atoms with Crippen LogP contribution in [0.25, 0.3) is 5.76 Å². The minimum atomic E-state index is -0.761. The summed E-state index contributed by atoms with van der Waals surface area (Å²) < 4.78 is 17.2. The summed E-state index contributed by atoms with van der Waals surface area (Å²) >= 11 is 0. The highest BCUT2D eigenvalue weighted by molar-refractivity contribution is 6.46. The van der Waals surface area contributed by atoms with Gasteiger partial charge in [-0.25, -0.2) is 0 Å². The van der Waals surface area contributed by atoms with E-state index in [0.717, 1.165) is 25.7 Å². The van der Waals surface area contributed by atoms with Crippen molar-refractivity contribution in [3.63, 3.8) is 0 Å². The third kappa shape index (κ3) is 4.80. The standard InChI is InChI=1S/C27H31NO6/c1-3-4-14-34-21-13-12-19(16-22(21)32-2)24-23(25(29)18-9-6-5-7-10-18)26(30)27(31)28(24)17-20-11-8-15-33-20/h5-7,9-10,12-13,16,20,24,29H,3-4,8,11,14-15,17H2,1-2H3. The second kappa shape index (κ2) is 10.7. The van der Waals surface area contributed by atoms with Crippen LogP contribution in [0.2, 0.25) is 0 Å². The van der Waals surface area contributed by atoms with Gasteiger partial charge in [-0.2, -0.15) is 0 Å². The first-order chi connectivity index (χ1) is 16.5. The number of benzene rings is 2. The highest BCUT2D eigenvalue weighted by atomic mass is 16.5. The van der Waals surface area contributed by atoms with Gasteiger partial charge in [0.25, 0.3) is 11.7 Å². The summed E-state index contributed by atoms with van der Waals surface area (Å²) in [6.45, 7) is 3.57. The van der Waals surface area contributed by atoms with Crippen LogP contribution in [0.1, 0.15) is 49.8 Å². The highest BCUT2D eigenvalue weighted by Crippen LogP contribution is 2.42. The van der Waals surface area contributed by atoms with Crippen molar-refractivity contribution in [2.24, 2.45) is 0 Å². The third-order valence-corrected chi connectivity index (χ3v) is 6.27. The van der Waals surface area contributed by atoms with Gasteiger partial charge in [0.1, 0.15) is 5.76 Å². The summed E-state index contributed by atoms with van der Waals surface area (Å²) in [5.41, 5.74) is 1.21. The highest BCUT2D eigenvalue weighted by Gasteiger charge is 2.47. The Morgan fingerprint density at radius 1 is 1.15 bits per heavy atom. The fourth-order valence-electron chi connectivity index (χ4n) is 4.47. The summed E-state index contributed by atoms with van der Waals surface area (Å²) in [4.78, 5) is 27.8. The maximum absolute atomic E-state index is 13.2. The van der Waals surface area contributed by atoms with Crippen molar-refractivity contribution in [3.8, 4) is 11.5 Å². The largest absolute Gasteiger partial charge is 0.507 e. The third-order valence-electron chi connectivity index (χ3n) is 6.27. The fraction of sp³-hybridized carbons (Fsp3) is 0.407.